The van der Waals surface area contributed by atoms with E-state index >= 15 is 0 Å². The number of piperazine rings is 1. The molecule has 1 N–H and O–H groups in total. The first kappa shape index (κ1) is 22.1. The Balaban J connectivity index is 1.26. The van der Waals surface area contributed by atoms with Gasteiger partial charge in [-0.2, -0.15) is 0 Å². The van der Waals surface area contributed by atoms with Crippen LogP contribution in [0.2, 0.25) is 0 Å². The van der Waals surface area contributed by atoms with Gasteiger partial charge in [0.05, 0.1) is 17.2 Å². The summed E-state index contributed by atoms with van der Waals surface area (Å²) in [6.07, 6.45) is -1.27. The summed E-state index contributed by atoms with van der Waals surface area (Å²) in [5, 5.41) is 10.3. The van der Waals surface area contributed by atoms with Crippen LogP contribution in [0.15, 0.2) is 48.8 Å². The zero-order valence-electron chi connectivity index (χ0n) is 17.9. The van der Waals surface area contributed by atoms with E-state index in [1.54, 1.807) is 36.7 Å². The van der Waals surface area contributed by atoms with Gasteiger partial charge in [0.25, 0.3) is 5.91 Å². The molecule has 1 spiro atoms. The van der Waals surface area contributed by atoms with Gasteiger partial charge in [-0.15, -0.1) is 13.2 Å². The molecule has 33 heavy (non-hydrogen) atoms. The lowest BCUT2D eigenvalue weighted by molar-refractivity contribution is -0.274. The number of aliphatic hydroxyl groups is 1. The maximum absolute atomic E-state index is 13.1. The van der Waals surface area contributed by atoms with E-state index in [4.69, 9.17) is 0 Å². The number of likely N-dealkylation sites (tertiary alicyclic amines) is 1. The molecule has 5 rings (SSSR count). The van der Waals surface area contributed by atoms with Crippen molar-refractivity contribution in [1.82, 2.24) is 19.7 Å². The van der Waals surface area contributed by atoms with Gasteiger partial charge in [0, 0.05) is 57.7 Å². The first-order valence-corrected chi connectivity index (χ1v) is 10.9. The molecule has 176 valence electrons. The molecule has 3 aliphatic heterocycles. The van der Waals surface area contributed by atoms with Crippen molar-refractivity contribution in [3.05, 3.63) is 59.9 Å². The number of ether oxygens (including phenoxy) is 1. The number of alkyl halides is 3. The summed E-state index contributed by atoms with van der Waals surface area (Å²) < 4.78 is 41.0. The van der Waals surface area contributed by atoms with Crippen molar-refractivity contribution in [2.75, 3.05) is 32.7 Å². The van der Waals surface area contributed by atoms with Crippen LogP contribution in [0.25, 0.3) is 0 Å². The number of aliphatic hydroxyl groups excluding tert-OH is 1. The quantitative estimate of drug-likeness (QED) is 0.751. The number of carbonyl (C=O) groups is 1. The number of aromatic nitrogens is 1. The molecule has 1 aromatic carbocycles. The number of benzene rings is 1. The van der Waals surface area contributed by atoms with Gasteiger partial charge in [-0.25, -0.2) is 0 Å². The first-order chi connectivity index (χ1) is 15.7. The van der Waals surface area contributed by atoms with E-state index in [2.05, 4.69) is 19.5 Å². The van der Waals surface area contributed by atoms with E-state index in [1.807, 2.05) is 4.90 Å². The molecular formula is C23H25F3N4O3. The molecule has 3 saturated heterocycles. The summed E-state index contributed by atoms with van der Waals surface area (Å²) in [6, 6.07) is 9.52. The van der Waals surface area contributed by atoms with Gasteiger partial charge in [0.1, 0.15) is 5.75 Å². The molecule has 3 aliphatic rings. The fourth-order valence-corrected chi connectivity index (χ4v) is 5.47. The number of hydrogen-bond donors (Lipinski definition) is 1. The number of pyridine rings is 1. The largest absolute Gasteiger partial charge is 0.573 e. The van der Waals surface area contributed by atoms with Gasteiger partial charge in [0.15, 0.2) is 0 Å². The number of carbonyl (C=O) groups excluding carboxylic acids is 1. The van der Waals surface area contributed by atoms with E-state index in [9.17, 15) is 23.1 Å². The van der Waals surface area contributed by atoms with Crippen molar-refractivity contribution in [3.63, 3.8) is 0 Å². The van der Waals surface area contributed by atoms with Gasteiger partial charge in [-0.1, -0.05) is 12.1 Å². The van der Waals surface area contributed by atoms with Gasteiger partial charge in [0.2, 0.25) is 0 Å². The van der Waals surface area contributed by atoms with Crippen molar-refractivity contribution in [2.45, 2.75) is 37.0 Å². The molecule has 2 aromatic rings. The minimum Gasteiger partial charge on any atom is -0.406 e. The minimum absolute atomic E-state index is 0.0535. The third-order valence-corrected chi connectivity index (χ3v) is 6.71. The average molecular weight is 462 g/mol. The second kappa shape index (κ2) is 8.27. The molecule has 2 atom stereocenters. The average Bonchev–Trinajstić information content (AvgIpc) is 3.13. The van der Waals surface area contributed by atoms with Crippen molar-refractivity contribution in [2.24, 2.45) is 0 Å². The van der Waals surface area contributed by atoms with E-state index in [0.29, 0.717) is 51.3 Å². The number of fused-ring (bicyclic) bond motifs is 2. The van der Waals surface area contributed by atoms with Crippen LogP contribution in [0.3, 0.4) is 0 Å². The number of rotatable bonds is 4. The van der Waals surface area contributed by atoms with Crippen LogP contribution in [-0.4, -0.2) is 87.5 Å². The summed E-state index contributed by atoms with van der Waals surface area (Å²) in [4.78, 5) is 23.6. The van der Waals surface area contributed by atoms with Crippen LogP contribution < -0.4 is 4.74 Å². The number of amides is 1. The molecule has 0 aliphatic carbocycles. The predicted octanol–water partition coefficient (Wildman–Crippen LogP) is 2.13. The number of β-amino-alcohol motifs (C(OH)–C–C–N with tert-alkyl or cyclic N) is 1. The molecule has 1 amide bonds. The Kier molecular flexibility index (Phi) is 5.54. The zero-order valence-corrected chi connectivity index (χ0v) is 17.9. The molecule has 7 nitrogen and oxygen atoms in total. The first-order valence-electron chi connectivity index (χ1n) is 10.9. The van der Waals surface area contributed by atoms with E-state index < -0.39 is 12.5 Å². The molecule has 3 fully saturated rings. The third-order valence-electron chi connectivity index (χ3n) is 6.71. The fraction of sp³-hybridized carbons (Fsp3) is 0.478. The monoisotopic (exact) mass is 462 g/mol. The SMILES string of the molecule is O=C(c1cccnc1)N1CC2CC(O)CN2C2(CN(Cc3ccc(OC(F)(F)F)cc3)C2)C1. The Bertz CT molecular complexity index is 996. The molecule has 2 unspecified atom stereocenters. The summed E-state index contributed by atoms with van der Waals surface area (Å²) >= 11 is 0. The molecular weight excluding hydrogens is 437 g/mol. The Morgan fingerprint density at radius 1 is 1.15 bits per heavy atom. The normalized spacial score (nSPS) is 25.0. The van der Waals surface area contributed by atoms with Crippen molar-refractivity contribution in [3.8, 4) is 5.75 Å². The van der Waals surface area contributed by atoms with E-state index in [1.165, 1.54) is 12.1 Å². The number of nitrogens with zero attached hydrogens (tertiary/aromatic N) is 4. The molecule has 10 heteroatoms. The molecule has 4 heterocycles. The van der Waals surface area contributed by atoms with Gasteiger partial charge in [-0.3, -0.25) is 19.6 Å². The van der Waals surface area contributed by atoms with Gasteiger partial charge in [-0.05, 0) is 36.2 Å². The molecule has 1 aromatic heterocycles. The van der Waals surface area contributed by atoms with Crippen LogP contribution in [-0.2, 0) is 6.54 Å². The Hall–Kier alpha value is -2.69. The van der Waals surface area contributed by atoms with Crippen molar-refractivity contribution in [1.29, 1.82) is 0 Å². The lowest BCUT2D eigenvalue weighted by Crippen LogP contribution is -2.78. The highest BCUT2D eigenvalue weighted by molar-refractivity contribution is 5.94. The lowest BCUT2D eigenvalue weighted by atomic mass is 9.83. The Morgan fingerprint density at radius 3 is 2.58 bits per heavy atom. The smallest absolute Gasteiger partial charge is 0.406 e. The standard InChI is InChI=1S/C23H25F3N4O3/c24-23(25,26)33-20-5-3-16(4-6-20)10-28-13-22(14-28)15-29(11-18-8-19(31)12-30(18)22)21(32)17-2-1-7-27-9-17/h1-7,9,18-19,31H,8,10-15H2. The maximum Gasteiger partial charge on any atom is 0.573 e. The number of halogens is 3. The second-order valence-electron chi connectivity index (χ2n) is 9.18. The minimum atomic E-state index is -4.71. The van der Waals surface area contributed by atoms with E-state index in [0.717, 1.165) is 5.56 Å². The Labute approximate surface area is 189 Å². The van der Waals surface area contributed by atoms with Crippen molar-refractivity contribution < 1.29 is 27.8 Å². The summed E-state index contributed by atoms with van der Waals surface area (Å²) in [7, 11) is 0. The van der Waals surface area contributed by atoms with Crippen molar-refractivity contribution >= 4 is 5.91 Å². The fourth-order valence-electron chi connectivity index (χ4n) is 5.47. The van der Waals surface area contributed by atoms with E-state index in [-0.39, 0.29) is 23.2 Å². The lowest BCUT2D eigenvalue weighted by Gasteiger charge is -2.61. The zero-order chi connectivity index (χ0) is 23.2. The number of hydrogen-bond acceptors (Lipinski definition) is 6. The Morgan fingerprint density at radius 2 is 1.91 bits per heavy atom. The summed E-state index contributed by atoms with van der Waals surface area (Å²) in [5.74, 6) is -0.292. The van der Waals surface area contributed by atoms with Crippen LogP contribution in [0, 0.1) is 0 Å². The maximum atomic E-state index is 13.1. The topological polar surface area (TPSA) is 69.1 Å². The second-order valence-corrected chi connectivity index (χ2v) is 9.18. The van der Waals surface area contributed by atoms with Crippen LogP contribution in [0.1, 0.15) is 22.3 Å². The highest BCUT2D eigenvalue weighted by Gasteiger charge is 2.56. The van der Waals surface area contributed by atoms with Gasteiger partial charge < -0.3 is 14.7 Å². The molecule has 0 saturated carbocycles. The summed E-state index contributed by atoms with van der Waals surface area (Å²) in [6.45, 7) is 3.76. The van der Waals surface area contributed by atoms with Crippen LogP contribution in [0.4, 0.5) is 13.2 Å². The third kappa shape index (κ3) is 4.55. The summed E-state index contributed by atoms with van der Waals surface area (Å²) in [5.41, 5.74) is 1.20. The predicted molar refractivity (Wildman–Crippen MR) is 112 cm³/mol. The van der Waals surface area contributed by atoms with Crippen LogP contribution in [0.5, 0.6) is 5.75 Å². The highest BCUT2D eigenvalue weighted by Crippen LogP contribution is 2.40. The molecule has 0 radical (unpaired) electrons. The van der Waals surface area contributed by atoms with Gasteiger partial charge >= 0.3 is 6.36 Å². The molecule has 0 bridgehead atoms. The highest BCUT2D eigenvalue weighted by atomic mass is 19.4. The van der Waals surface area contributed by atoms with Crippen LogP contribution >= 0.6 is 0 Å².